The number of aryl methyl sites for hydroxylation is 1. The normalized spacial score (nSPS) is 9.75. The summed E-state index contributed by atoms with van der Waals surface area (Å²) in [6.45, 7) is 2.24. The Morgan fingerprint density at radius 3 is 2.85 bits per heavy atom. The Balaban J connectivity index is 2.18. The molecule has 1 amide bonds. The summed E-state index contributed by atoms with van der Waals surface area (Å²) in [6.07, 6.45) is 0. The molecule has 0 unspecified atom stereocenters. The van der Waals surface area contributed by atoms with Crippen LogP contribution >= 0.6 is 22.9 Å². The van der Waals surface area contributed by atoms with Crippen molar-refractivity contribution in [2.45, 2.75) is 6.92 Å². The average molecular weight is 305 g/mol. The van der Waals surface area contributed by atoms with E-state index in [-0.39, 0.29) is 5.91 Å². The number of benzene rings is 1. The molecule has 0 atom stereocenters. The molecule has 0 spiro atoms. The van der Waals surface area contributed by atoms with Crippen molar-refractivity contribution in [1.29, 1.82) is 0 Å². The maximum absolute atomic E-state index is 12.1. The fraction of sp³-hybridized carbons (Fsp3) is 0.133. The van der Waals surface area contributed by atoms with Crippen LogP contribution in [0.2, 0.25) is 5.02 Å². The molecule has 0 radical (unpaired) electrons. The van der Waals surface area contributed by atoms with Crippen molar-refractivity contribution in [3.8, 4) is 11.8 Å². The second kappa shape index (κ2) is 6.58. The van der Waals surface area contributed by atoms with Crippen molar-refractivity contribution < 1.29 is 4.79 Å². The van der Waals surface area contributed by atoms with Crippen LogP contribution in [0.5, 0.6) is 0 Å². The quantitative estimate of drug-likeness (QED) is 0.837. The molecule has 1 aromatic heterocycles. The lowest BCUT2D eigenvalue weighted by molar-refractivity contribution is 0.103. The molecule has 0 saturated carbocycles. The number of anilines is 1. The molecule has 2 aromatic rings. The number of halogens is 1. The zero-order chi connectivity index (χ0) is 14.5. The van der Waals surface area contributed by atoms with E-state index in [0.717, 1.165) is 16.8 Å². The molecule has 0 fully saturated rings. The maximum atomic E-state index is 12.1. The van der Waals surface area contributed by atoms with Crippen LogP contribution in [-0.4, -0.2) is 12.5 Å². The SMILES string of the molecule is Cc1cc(C#CCN)ccc1NC(=O)c1sccc1Cl. The monoisotopic (exact) mass is 304 g/mol. The zero-order valence-electron chi connectivity index (χ0n) is 10.9. The molecule has 0 aliphatic heterocycles. The fourth-order valence-corrected chi connectivity index (χ4v) is 2.71. The minimum absolute atomic E-state index is 0.200. The highest BCUT2D eigenvalue weighted by molar-refractivity contribution is 7.12. The fourth-order valence-electron chi connectivity index (χ4n) is 1.67. The number of carbonyl (C=O) groups excluding carboxylic acids is 1. The van der Waals surface area contributed by atoms with Crippen LogP contribution in [0.4, 0.5) is 5.69 Å². The van der Waals surface area contributed by atoms with Crippen molar-refractivity contribution >= 4 is 34.5 Å². The van der Waals surface area contributed by atoms with E-state index in [1.165, 1.54) is 11.3 Å². The van der Waals surface area contributed by atoms with Gasteiger partial charge < -0.3 is 11.1 Å². The molecule has 0 aliphatic carbocycles. The average Bonchev–Trinajstić information content (AvgIpc) is 2.85. The Kier molecular flexibility index (Phi) is 4.80. The molecule has 2 rings (SSSR count). The van der Waals surface area contributed by atoms with E-state index in [1.54, 1.807) is 11.4 Å². The van der Waals surface area contributed by atoms with Gasteiger partial charge in [-0.05, 0) is 42.1 Å². The predicted octanol–water partition coefficient (Wildman–Crippen LogP) is 3.27. The van der Waals surface area contributed by atoms with Gasteiger partial charge in [0.05, 0.1) is 11.6 Å². The van der Waals surface area contributed by atoms with Crippen molar-refractivity contribution in [1.82, 2.24) is 0 Å². The summed E-state index contributed by atoms with van der Waals surface area (Å²) in [5.74, 6) is 5.55. The molecular weight excluding hydrogens is 292 g/mol. The maximum Gasteiger partial charge on any atom is 0.267 e. The summed E-state index contributed by atoms with van der Waals surface area (Å²) < 4.78 is 0. The van der Waals surface area contributed by atoms with Crippen LogP contribution in [0.25, 0.3) is 0 Å². The highest BCUT2D eigenvalue weighted by Crippen LogP contribution is 2.24. The summed E-state index contributed by atoms with van der Waals surface area (Å²) in [5, 5.41) is 5.11. The van der Waals surface area contributed by atoms with E-state index in [2.05, 4.69) is 17.2 Å². The van der Waals surface area contributed by atoms with E-state index in [4.69, 9.17) is 17.3 Å². The molecule has 102 valence electrons. The summed E-state index contributed by atoms with van der Waals surface area (Å²) in [7, 11) is 0. The largest absolute Gasteiger partial charge is 0.321 e. The zero-order valence-corrected chi connectivity index (χ0v) is 12.4. The number of thiophene rings is 1. The highest BCUT2D eigenvalue weighted by atomic mass is 35.5. The summed E-state index contributed by atoms with van der Waals surface area (Å²) in [6, 6.07) is 7.30. The second-order valence-electron chi connectivity index (χ2n) is 4.09. The van der Waals surface area contributed by atoms with E-state index in [9.17, 15) is 4.79 Å². The van der Waals surface area contributed by atoms with Gasteiger partial charge in [-0.3, -0.25) is 4.79 Å². The number of rotatable bonds is 2. The van der Waals surface area contributed by atoms with Gasteiger partial charge in [0.25, 0.3) is 5.91 Å². The van der Waals surface area contributed by atoms with E-state index in [0.29, 0.717) is 16.4 Å². The van der Waals surface area contributed by atoms with Gasteiger partial charge in [0.15, 0.2) is 0 Å². The first-order valence-corrected chi connectivity index (χ1v) is 7.21. The predicted molar refractivity (Wildman–Crippen MR) is 84.4 cm³/mol. The van der Waals surface area contributed by atoms with Crippen molar-refractivity contribution in [3.63, 3.8) is 0 Å². The van der Waals surface area contributed by atoms with Gasteiger partial charge in [-0.2, -0.15) is 0 Å². The number of nitrogens with two attached hydrogens (primary N) is 1. The third-order valence-electron chi connectivity index (χ3n) is 2.63. The first kappa shape index (κ1) is 14.6. The van der Waals surface area contributed by atoms with E-state index >= 15 is 0 Å². The number of nitrogens with one attached hydrogen (secondary N) is 1. The molecule has 0 bridgehead atoms. The van der Waals surface area contributed by atoms with Gasteiger partial charge in [-0.15, -0.1) is 11.3 Å². The smallest absolute Gasteiger partial charge is 0.267 e. The summed E-state index contributed by atoms with van der Waals surface area (Å²) in [5.41, 5.74) is 7.90. The Bertz CT molecular complexity index is 697. The third-order valence-corrected chi connectivity index (χ3v) is 3.97. The number of amides is 1. The number of carbonyl (C=O) groups is 1. The first-order chi connectivity index (χ1) is 9.61. The molecule has 0 aliphatic rings. The second-order valence-corrected chi connectivity index (χ2v) is 5.41. The summed E-state index contributed by atoms with van der Waals surface area (Å²) >= 11 is 7.26. The van der Waals surface area contributed by atoms with Crippen molar-refractivity contribution in [2.24, 2.45) is 5.73 Å². The summed E-state index contributed by atoms with van der Waals surface area (Å²) in [4.78, 5) is 12.6. The lowest BCUT2D eigenvalue weighted by Crippen LogP contribution is -2.11. The van der Waals surface area contributed by atoms with Crippen LogP contribution < -0.4 is 11.1 Å². The molecular formula is C15H13ClN2OS. The topological polar surface area (TPSA) is 55.1 Å². The third kappa shape index (κ3) is 3.40. The van der Waals surface area contributed by atoms with Crippen LogP contribution in [-0.2, 0) is 0 Å². The molecule has 1 aromatic carbocycles. The Morgan fingerprint density at radius 2 is 2.25 bits per heavy atom. The van der Waals surface area contributed by atoms with Crippen molar-refractivity contribution in [2.75, 3.05) is 11.9 Å². The van der Waals surface area contributed by atoms with Gasteiger partial charge >= 0.3 is 0 Å². The van der Waals surface area contributed by atoms with Crippen molar-refractivity contribution in [3.05, 3.63) is 50.7 Å². The molecule has 20 heavy (non-hydrogen) atoms. The van der Waals surface area contributed by atoms with Crippen LogP contribution in [0.15, 0.2) is 29.6 Å². The van der Waals surface area contributed by atoms with E-state index in [1.807, 2.05) is 25.1 Å². The molecule has 3 N–H and O–H groups in total. The Labute approximate surface area is 126 Å². The van der Waals surface area contributed by atoms with Gasteiger partial charge in [0.2, 0.25) is 0 Å². The van der Waals surface area contributed by atoms with Gasteiger partial charge in [0, 0.05) is 11.3 Å². The molecule has 1 heterocycles. The van der Waals surface area contributed by atoms with Gasteiger partial charge in [-0.1, -0.05) is 23.4 Å². The van der Waals surface area contributed by atoms with Gasteiger partial charge in [0.1, 0.15) is 4.88 Å². The highest BCUT2D eigenvalue weighted by Gasteiger charge is 2.12. The lowest BCUT2D eigenvalue weighted by Gasteiger charge is -2.08. The lowest BCUT2D eigenvalue weighted by atomic mass is 10.1. The van der Waals surface area contributed by atoms with E-state index < -0.39 is 0 Å². The number of hydrogen-bond donors (Lipinski definition) is 2. The molecule has 0 saturated heterocycles. The van der Waals surface area contributed by atoms with Gasteiger partial charge in [-0.25, -0.2) is 0 Å². The Hall–Kier alpha value is -1.80. The van der Waals surface area contributed by atoms with Crippen LogP contribution in [0.3, 0.4) is 0 Å². The minimum Gasteiger partial charge on any atom is -0.321 e. The Morgan fingerprint density at radius 1 is 1.45 bits per heavy atom. The molecule has 5 heteroatoms. The van der Waals surface area contributed by atoms with Crippen LogP contribution in [0, 0.1) is 18.8 Å². The number of hydrogen-bond acceptors (Lipinski definition) is 3. The van der Waals surface area contributed by atoms with Crippen LogP contribution in [0.1, 0.15) is 20.8 Å². The minimum atomic E-state index is -0.200. The molecule has 3 nitrogen and oxygen atoms in total. The first-order valence-electron chi connectivity index (χ1n) is 5.95. The standard InChI is InChI=1S/C15H13ClN2OS/c1-10-9-11(3-2-7-17)4-5-13(10)18-15(19)14-12(16)6-8-20-14/h4-6,8-9H,7,17H2,1H3,(H,18,19).